The van der Waals surface area contributed by atoms with Gasteiger partial charge in [0.25, 0.3) is 5.91 Å². The van der Waals surface area contributed by atoms with Crippen LogP contribution in [0.1, 0.15) is 15.9 Å². The first kappa shape index (κ1) is 12.6. The molecule has 100 valence electrons. The summed E-state index contributed by atoms with van der Waals surface area (Å²) in [5.74, 6) is -0.430. The second kappa shape index (κ2) is 4.94. The van der Waals surface area contributed by atoms with E-state index in [2.05, 4.69) is 4.74 Å². The molecule has 0 unspecified atom stereocenters. The van der Waals surface area contributed by atoms with Gasteiger partial charge in [0.2, 0.25) is 0 Å². The standard InChI is InChI=1S/C15H11NO3S/c1-19-15(18)11-7-5-10(6-8-11)13-14(17)16-9-3-2-4-12(16)20-13/h2-9H,1H3. The van der Waals surface area contributed by atoms with E-state index in [9.17, 15) is 9.59 Å². The Morgan fingerprint density at radius 3 is 2.60 bits per heavy atom. The molecule has 3 rings (SSSR count). The smallest absolute Gasteiger partial charge is 0.337 e. The summed E-state index contributed by atoms with van der Waals surface area (Å²) in [5.41, 5.74) is 1.27. The molecule has 0 N–H and O–H groups in total. The van der Waals surface area contributed by atoms with Crippen LogP contribution in [-0.2, 0) is 9.53 Å². The molecule has 1 aromatic carbocycles. The van der Waals surface area contributed by atoms with Gasteiger partial charge in [-0.3, -0.25) is 9.69 Å². The minimum atomic E-state index is -0.385. The predicted molar refractivity (Wildman–Crippen MR) is 79.6 cm³/mol. The van der Waals surface area contributed by atoms with Gasteiger partial charge in [0.1, 0.15) is 9.85 Å². The van der Waals surface area contributed by atoms with Crippen molar-refractivity contribution in [1.29, 1.82) is 0 Å². The van der Waals surface area contributed by atoms with Crippen LogP contribution < -0.4 is 0 Å². The zero-order valence-corrected chi connectivity index (χ0v) is 11.5. The van der Waals surface area contributed by atoms with Crippen molar-refractivity contribution in [3.63, 3.8) is 0 Å². The van der Waals surface area contributed by atoms with Crippen LogP contribution in [0, 0.1) is 0 Å². The molecule has 0 spiro atoms. The third-order valence-electron chi connectivity index (χ3n) is 3.01. The van der Waals surface area contributed by atoms with Gasteiger partial charge in [-0.2, -0.15) is 0 Å². The quantitative estimate of drug-likeness (QED) is 0.615. The SMILES string of the molecule is COC(=O)c1ccc(C2=S=C3C=CC=CN3C2=O)cc1. The van der Waals surface area contributed by atoms with Crippen molar-refractivity contribution < 1.29 is 14.3 Å². The first-order chi connectivity index (χ1) is 9.70. The highest BCUT2D eigenvalue weighted by atomic mass is 32.1. The number of benzene rings is 1. The molecular weight excluding hydrogens is 274 g/mol. The number of rotatable bonds is 2. The maximum Gasteiger partial charge on any atom is 0.337 e. The minimum absolute atomic E-state index is 0.0450. The van der Waals surface area contributed by atoms with Crippen LogP contribution in [0.4, 0.5) is 0 Å². The molecule has 0 atom stereocenters. The van der Waals surface area contributed by atoms with Crippen LogP contribution in [0.15, 0.2) is 48.7 Å². The molecule has 5 heteroatoms. The van der Waals surface area contributed by atoms with Crippen LogP contribution in [0.5, 0.6) is 0 Å². The van der Waals surface area contributed by atoms with Crippen molar-refractivity contribution in [3.05, 3.63) is 59.8 Å². The number of ether oxygens (including phenoxy) is 1. The van der Waals surface area contributed by atoms with Crippen molar-refractivity contribution in [3.8, 4) is 0 Å². The van der Waals surface area contributed by atoms with E-state index in [0.29, 0.717) is 10.4 Å². The Balaban J connectivity index is 1.96. The number of methoxy groups -OCH3 is 1. The number of carbonyl (C=O) groups is 2. The van der Waals surface area contributed by atoms with E-state index >= 15 is 0 Å². The van der Waals surface area contributed by atoms with Crippen molar-refractivity contribution in [1.82, 2.24) is 4.90 Å². The summed E-state index contributed by atoms with van der Waals surface area (Å²) >= 11 is 0. The molecule has 0 aliphatic carbocycles. The molecule has 2 aliphatic rings. The summed E-state index contributed by atoms with van der Waals surface area (Å²) in [4.78, 5) is 26.8. The van der Waals surface area contributed by atoms with Gasteiger partial charge in [-0.25, -0.2) is 4.79 Å². The van der Waals surface area contributed by atoms with Crippen LogP contribution in [0.3, 0.4) is 0 Å². The van der Waals surface area contributed by atoms with E-state index in [0.717, 1.165) is 10.6 Å². The van der Waals surface area contributed by atoms with E-state index in [1.165, 1.54) is 18.0 Å². The summed E-state index contributed by atoms with van der Waals surface area (Å²) in [5, 5.41) is 0. The van der Waals surface area contributed by atoms with E-state index in [1.807, 2.05) is 18.2 Å². The summed E-state index contributed by atoms with van der Waals surface area (Å²) in [6.07, 6.45) is 7.37. The topological polar surface area (TPSA) is 46.6 Å². The zero-order chi connectivity index (χ0) is 14.1. The highest BCUT2D eigenvalue weighted by Crippen LogP contribution is 2.18. The molecule has 1 amide bonds. The lowest BCUT2D eigenvalue weighted by Gasteiger charge is -2.15. The molecule has 4 nitrogen and oxygen atoms in total. The number of carbonyl (C=O) groups excluding carboxylic acids is 2. The van der Waals surface area contributed by atoms with Gasteiger partial charge in [-0.1, -0.05) is 18.2 Å². The fraction of sp³-hybridized carbons (Fsp3) is 0.0667. The number of hydrogen-bond donors (Lipinski definition) is 0. The number of allylic oxidation sites excluding steroid dienone is 2. The van der Waals surface area contributed by atoms with Gasteiger partial charge in [-0.15, -0.1) is 10.9 Å². The second-order valence-corrected chi connectivity index (χ2v) is 5.24. The first-order valence-corrected chi connectivity index (χ1v) is 6.81. The van der Waals surface area contributed by atoms with Crippen LogP contribution >= 0.6 is 10.9 Å². The summed E-state index contributed by atoms with van der Waals surface area (Å²) in [6, 6.07) is 6.85. The molecule has 0 saturated heterocycles. The highest BCUT2D eigenvalue weighted by molar-refractivity contribution is 8.00. The Morgan fingerprint density at radius 2 is 1.95 bits per heavy atom. The normalized spacial score (nSPS) is 16.2. The van der Waals surface area contributed by atoms with Crippen molar-refractivity contribution >= 4 is 32.7 Å². The van der Waals surface area contributed by atoms with Crippen LogP contribution in [-0.4, -0.2) is 33.7 Å². The first-order valence-electron chi connectivity index (χ1n) is 5.99. The Morgan fingerprint density at radius 1 is 1.20 bits per heavy atom. The predicted octanol–water partition coefficient (Wildman–Crippen LogP) is 1.78. The zero-order valence-electron chi connectivity index (χ0n) is 10.7. The molecule has 0 bridgehead atoms. The lowest BCUT2D eigenvalue weighted by Crippen LogP contribution is -2.31. The maximum absolute atomic E-state index is 12.3. The molecule has 0 saturated carbocycles. The highest BCUT2D eigenvalue weighted by Gasteiger charge is 2.26. The molecule has 2 heterocycles. The number of esters is 1. The average Bonchev–Trinajstić information content (AvgIpc) is 2.84. The molecule has 2 aliphatic heterocycles. The molecule has 1 aromatic rings. The fourth-order valence-electron chi connectivity index (χ4n) is 1.99. The molecule has 20 heavy (non-hydrogen) atoms. The lowest BCUT2D eigenvalue weighted by atomic mass is 10.1. The Kier molecular flexibility index (Phi) is 3.12. The average molecular weight is 285 g/mol. The van der Waals surface area contributed by atoms with Gasteiger partial charge in [0.05, 0.1) is 12.7 Å². The van der Waals surface area contributed by atoms with Gasteiger partial charge < -0.3 is 4.74 Å². The number of amides is 1. The maximum atomic E-state index is 12.3. The second-order valence-electron chi connectivity index (χ2n) is 4.21. The number of fused-ring (bicyclic) bond motifs is 1. The van der Waals surface area contributed by atoms with Crippen molar-refractivity contribution in [2.45, 2.75) is 0 Å². The molecule has 0 radical (unpaired) electrons. The molecule has 0 aromatic heterocycles. The molecule has 0 fully saturated rings. The molecular formula is C15H11NO3S. The monoisotopic (exact) mass is 285 g/mol. The number of nitrogens with zero attached hydrogens (tertiary/aromatic N) is 1. The largest absolute Gasteiger partial charge is 0.465 e. The van der Waals surface area contributed by atoms with Gasteiger partial charge in [0, 0.05) is 6.20 Å². The number of hydrogen-bond acceptors (Lipinski definition) is 3. The van der Waals surface area contributed by atoms with E-state index in [-0.39, 0.29) is 11.9 Å². The Bertz CT molecular complexity index is 722. The van der Waals surface area contributed by atoms with Crippen LogP contribution in [0.2, 0.25) is 0 Å². The minimum Gasteiger partial charge on any atom is -0.465 e. The Hall–Kier alpha value is -2.40. The van der Waals surface area contributed by atoms with Crippen molar-refractivity contribution in [2.24, 2.45) is 0 Å². The van der Waals surface area contributed by atoms with Gasteiger partial charge in [0.15, 0.2) is 0 Å². The summed E-state index contributed by atoms with van der Waals surface area (Å²) in [6.45, 7) is 0. The van der Waals surface area contributed by atoms with Gasteiger partial charge in [-0.05, 0) is 29.8 Å². The van der Waals surface area contributed by atoms with E-state index in [1.54, 1.807) is 35.4 Å². The Labute approximate surface area is 119 Å². The van der Waals surface area contributed by atoms with E-state index in [4.69, 9.17) is 0 Å². The van der Waals surface area contributed by atoms with E-state index < -0.39 is 0 Å². The van der Waals surface area contributed by atoms with Crippen molar-refractivity contribution in [2.75, 3.05) is 7.11 Å². The lowest BCUT2D eigenvalue weighted by molar-refractivity contribution is -0.118. The summed E-state index contributed by atoms with van der Waals surface area (Å²) in [7, 11) is 2.77. The third-order valence-corrected chi connectivity index (χ3v) is 4.17. The van der Waals surface area contributed by atoms with Gasteiger partial charge >= 0.3 is 5.97 Å². The fourth-order valence-corrected chi connectivity index (χ4v) is 3.03. The third kappa shape index (κ3) is 2.02. The van der Waals surface area contributed by atoms with Crippen LogP contribution in [0.25, 0.3) is 0 Å². The summed E-state index contributed by atoms with van der Waals surface area (Å²) < 4.78 is 4.65.